The molecule has 2 aliphatic heterocycles. The van der Waals surface area contributed by atoms with Gasteiger partial charge < -0.3 is 14.2 Å². The molecule has 2 bridgehead atoms. The van der Waals surface area contributed by atoms with Crippen LogP contribution in [0.2, 0.25) is 0 Å². The lowest BCUT2D eigenvalue weighted by atomic mass is 9.66. The van der Waals surface area contributed by atoms with Crippen LogP contribution in [-0.2, 0) is 14.3 Å². The molecule has 2 atom stereocenters. The number of H-pyrrole nitrogens is 1. The zero-order valence-electron chi connectivity index (χ0n) is 13.5. The molecule has 1 N–H and O–H groups in total. The van der Waals surface area contributed by atoms with Crippen molar-refractivity contribution in [1.82, 2.24) is 10.1 Å². The van der Waals surface area contributed by atoms with E-state index in [1.54, 1.807) is 4.90 Å². The second-order valence-corrected chi connectivity index (χ2v) is 7.70. The van der Waals surface area contributed by atoms with E-state index in [1.165, 1.54) is 6.07 Å². The summed E-state index contributed by atoms with van der Waals surface area (Å²) >= 11 is 0. The second kappa shape index (κ2) is 4.07. The smallest absolute Gasteiger partial charge is 0.313 e. The van der Waals surface area contributed by atoms with E-state index in [4.69, 9.17) is 9.26 Å². The van der Waals surface area contributed by atoms with Crippen LogP contribution in [0.3, 0.4) is 0 Å². The number of nitrogens with one attached hydrogen (secondary N) is 1. The van der Waals surface area contributed by atoms with Gasteiger partial charge in [-0.05, 0) is 19.8 Å². The summed E-state index contributed by atoms with van der Waals surface area (Å²) in [7, 11) is 0. The molecule has 3 aliphatic rings. The number of carbonyl (C=O) groups excluding carboxylic acids is 2. The van der Waals surface area contributed by atoms with E-state index in [1.807, 2.05) is 20.8 Å². The molecule has 2 saturated heterocycles. The summed E-state index contributed by atoms with van der Waals surface area (Å²) in [6.07, 6.45) is 1.25. The maximum atomic E-state index is 13.0. The number of fused-ring (bicyclic) bond motifs is 2. The van der Waals surface area contributed by atoms with Gasteiger partial charge in [0.1, 0.15) is 5.76 Å². The van der Waals surface area contributed by atoms with E-state index in [-0.39, 0.29) is 23.4 Å². The van der Waals surface area contributed by atoms with Gasteiger partial charge in [0.2, 0.25) is 0 Å². The first-order valence-corrected chi connectivity index (χ1v) is 7.92. The van der Waals surface area contributed by atoms with Gasteiger partial charge in [-0.2, -0.15) is 5.16 Å². The van der Waals surface area contributed by atoms with Crippen LogP contribution >= 0.6 is 0 Å². The molecular weight excluding hydrogens is 300 g/mol. The quantitative estimate of drug-likeness (QED) is 0.821. The van der Waals surface area contributed by atoms with Crippen molar-refractivity contribution in [3.05, 3.63) is 22.2 Å². The number of hydrogen-bond acceptors (Lipinski definition) is 5. The Bertz CT molecular complexity index is 757. The van der Waals surface area contributed by atoms with E-state index in [0.717, 1.165) is 0 Å². The van der Waals surface area contributed by atoms with E-state index in [2.05, 4.69) is 5.16 Å². The molecule has 7 nitrogen and oxygen atoms in total. The highest BCUT2D eigenvalue weighted by Crippen LogP contribution is 2.66. The van der Waals surface area contributed by atoms with Crippen molar-refractivity contribution in [1.29, 1.82) is 0 Å². The molecule has 0 unspecified atom stereocenters. The van der Waals surface area contributed by atoms with Crippen molar-refractivity contribution in [2.24, 2.45) is 10.8 Å². The molecule has 124 valence electrons. The fraction of sp³-hybridized carbons (Fsp3) is 0.688. The predicted molar refractivity (Wildman–Crippen MR) is 78.6 cm³/mol. The molecule has 0 spiro atoms. The lowest BCUT2D eigenvalue weighted by Crippen LogP contribution is -2.60. The number of hydrogen-bond donors (Lipinski definition) is 1. The third kappa shape index (κ3) is 1.52. The lowest BCUT2D eigenvalue weighted by molar-refractivity contribution is -0.176. The topological polar surface area (TPSA) is 92.6 Å². The van der Waals surface area contributed by atoms with Crippen LogP contribution in [0.4, 0.5) is 0 Å². The lowest BCUT2D eigenvalue weighted by Gasteiger charge is -2.45. The number of rotatable bonds is 2. The summed E-state index contributed by atoms with van der Waals surface area (Å²) in [6.45, 7) is 6.75. The van der Waals surface area contributed by atoms with E-state index >= 15 is 0 Å². The van der Waals surface area contributed by atoms with Gasteiger partial charge in [-0.25, -0.2) is 0 Å². The van der Waals surface area contributed by atoms with Gasteiger partial charge in [0.15, 0.2) is 5.60 Å². The first kappa shape index (κ1) is 14.5. The average Bonchev–Trinajstić information content (AvgIpc) is 2.97. The van der Waals surface area contributed by atoms with Crippen LogP contribution in [0.25, 0.3) is 0 Å². The van der Waals surface area contributed by atoms with Gasteiger partial charge >= 0.3 is 5.97 Å². The zero-order valence-corrected chi connectivity index (χ0v) is 13.5. The minimum Gasteiger partial charge on any atom is -0.448 e. The van der Waals surface area contributed by atoms with Crippen molar-refractivity contribution in [3.8, 4) is 0 Å². The Hall–Kier alpha value is -2.05. The van der Waals surface area contributed by atoms with Gasteiger partial charge in [0.05, 0.1) is 11.3 Å². The summed E-state index contributed by atoms with van der Waals surface area (Å²) < 4.78 is 10.7. The first-order valence-electron chi connectivity index (χ1n) is 7.92. The molecule has 1 saturated carbocycles. The first-order chi connectivity index (χ1) is 10.7. The number of amides is 1. The number of likely N-dealkylation sites (tertiary alicyclic amines) is 1. The summed E-state index contributed by atoms with van der Waals surface area (Å²) in [6, 6.07) is 1.41. The van der Waals surface area contributed by atoms with Gasteiger partial charge in [0.25, 0.3) is 11.5 Å². The van der Waals surface area contributed by atoms with Gasteiger partial charge in [-0.15, -0.1) is 0 Å². The van der Waals surface area contributed by atoms with Crippen LogP contribution in [0.5, 0.6) is 0 Å². The van der Waals surface area contributed by atoms with Crippen LogP contribution in [0.15, 0.2) is 15.4 Å². The van der Waals surface area contributed by atoms with Crippen LogP contribution < -0.4 is 5.56 Å². The predicted octanol–water partition coefficient (Wildman–Crippen LogP) is 1.02. The maximum absolute atomic E-state index is 13.0. The molecule has 1 aromatic rings. The van der Waals surface area contributed by atoms with Crippen molar-refractivity contribution in [2.75, 3.05) is 13.1 Å². The highest BCUT2D eigenvalue weighted by Gasteiger charge is 2.76. The zero-order chi connectivity index (χ0) is 16.6. The van der Waals surface area contributed by atoms with Gasteiger partial charge in [-0.3, -0.25) is 14.4 Å². The Morgan fingerprint density at radius 3 is 2.43 bits per heavy atom. The number of carbonyl (C=O) groups is 2. The molecule has 1 amide bonds. The van der Waals surface area contributed by atoms with Crippen molar-refractivity contribution < 1.29 is 18.8 Å². The maximum Gasteiger partial charge on any atom is 0.313 e. The van der Waals surface area contributed by atoms with Crippen LogP contribution in [0, 0.1) is 10.8 Å². The number of nitrogens with zero attached hydrogens (tertiary/aromatic N) is 1. The largest absolute Gasteiger partial charge is 0.448 e. The van der Waals surface area contributed by atoms with Crippen molar-refractivity contribution in [3.63, 3.8) is 0 Å². The Morgan fingerprint density at radius 1 is 1.26 bits per heavy atom. The molecular formula is C16H20N2O5. The molecule has 0 aromatic carbocycles. The number of aromatic amines is 1. The summed E-state index contributed by atoms with van der Waals surface area (Å²) in [5.74, 6) is 0.194. The molecule has 3 fully saturated rings. The molecule has 0 radical (unpaired) electrons. The van der Waals surface area contributed by atoms with Crippen LogP contribution in [0.1, 0.15) is 45.3 Å². The fourth-order valence-electron chi connectivity index (χ4n) is 4.30. The molecule has 1 aliphatic carbocycles. The minimum atomic E-state index is -1.05. The fourth-order valence-corrected chi connectivity index (χ4v) is 4.30. The standard InChI is InChI=1S/C16H20N2O5/c1-14(2)15(3)4-5-16(14,22-13(15)21)12(20)18-7-9(8-18)10-6-11(19)17-23-10/h6,9H,4-5,7-8H2,1-3H3,(H,17,19)/t15-,16+/m0/s1. The van der Waals surface area contributed by atoms with E-state index in [0.29, 0.717) is 31.7 Å². The summed E-state index contributed by atoms with van der Waals surface area (Å²) in [4.78, 5) is 38.1. The number of ether oxygens (including phenoxy) is 1. The highest BCUT2D eigenvalue weighted by atomic mass is 16.6. The summed E-state index contributed by atoms with van der Waals surface area (Å²) in [5.41, 5.74) is -2.45. The molecule has 1 aromatic heterocycles. The van der Waals surface area contributed by atoms with Crippen molar-refractivity contribution >= 4 is 11.9 Å². The third-order valence-corrected chi connectivity index (χ3v) is 6.54. The minimum absolute atomic E-state index is 0.0160. The Balaban J connectivity index is 1.55. The van der Waals surface area contributed by atoms with Crippen molar-refractivity contribution in [2.45, 2.75) is 45.1 Å². The molecule has 23 heavy (non-hydrogen) atoms. The van der Waals surface area contributed by atoms with Gasteiger partial charge in [0, 0.05) is 24.6 Å². The number of esters is 1. The second-order valence-electron chi connectivity index (χ2n) is 7.70. The number of aromatic nitrogens is 1. The van der Waals surface area contributed by atoms with Crippen LogP contribution in [-0.4, -0.2) is 40.6 Å². The molecule has 4 rings (SSSR count). The van der Waals surface area contributed by atoms with E-state index in [9.17, 15) is 14.4 Å². The molecule has 7 heteroatoms. The molecule has 3 heterocycles. The highest BCUT2D eigenvalue weighted by molar-refractivity contribution is 5.96. The Morgan fingerprint density at radius 2 is 1.96 bits per heavy atom. The monoisotopic (exact) mass is 320 g/mol. The normalized spacial score (nSPS) is 35.3. The average molecular weight is 320 g/mol. The SMILES string of the molecule is CC1(C)[C@@]2(C)CC[C@]1(C(=O)N1CC(c3cc(=O)[nH]o3)C1)OC2=O. The van der Waals surface area contributed by atoms with E-state index < -0.39 is 16.4 Å². The summed E-state index contributed by atoms with van der Waals surface area (Å²) in [5, 5.41) is 2.26. The third-order valence-electron chi connectivity index (χ3n) is 6.54. The van der Waals surface area contributed by atoms with Gasteiger partial charge in [-0.1, -0.05) is 13.8 Å². The Labute approximate surface area is 132 Å². The Kier molecular flexibility index (Phi) is 2.57.